The van der Waals surface area contributed by atoms with Crippen LogP contribution in [-0.4, -0.2) is 15.5 Å². The largest absolute Gasteiger partial charge is 0.451 e. The molecule has 7 heteroatoms. The summed E-state index contributed by atoms with van der Waals surface area (Å²) in [6, 6.07) is 12.3. The minimum absolute atomic E-state index is 0.161. The minimum Gasteiger partial charge on any atom is -0.399 e. The maximum Gasteiger partial charge on any atom is 0.451 e. The third-order valence-electron chi connectivity index (χ3n) is 3.66. The van der Waals surface area contributed by atoms with Crippen molar-refractivity contribution in [2.24, 2.45) is 0 Å². The molecule has 0 aliphatic carbocycles. The van der Waals surface area contributed by atoms with Crippen molar-refractivity contribution < 1.29 is 13.2 Å². The van der Waals surface area contributed by atoms with Gasteiger partial charge in [0, 0.05) is 16.6 Å². The molecular weight excluding hydrogens is 341 g/mol. The predicted octanol–water partition coefficient (Wildman–Crippen LogP) is 5.11. The molecule has 0 saturated heterocycles. The SMILES string of the molecule is CC(C)(C)Nc1nc(C(F)(F)F)nc2cc(-c3cccc(N)c3)ccc12. The number of hydrogen-bond acceptors (Lipinski definition) is 4. The molecule has 136 valence electrons. The summed E-state index contributed by atoms with van der Waals surface area (Å²) in [5.74, 6) is -1.00. The summed E-state index contributed by atoms with van der Waals surface area (Å²) in [5, 5.41) is 3.56. The lowest BCUT2D eigenvalue weighted by Crippen LogP contribution is -2.27. The van der Waals surface area contributed by atoms with Crippen LogP contribution in [0.5, 0.6) is 0 Å². The Balaban J connectivity index is 2.21. The van der Waals surface area contributed by atoms with E-state index in [0.29, 0.717) is 11.1 Å². The standard InChI is InChI=1S/C19H19F3N4/c1-18(2,3)26-16-14-8-7-12(11-5-4-6-13(23)9-11)10-15(14)24-17(25-16)19(20,21)22/h4-10H,23H2,1-3H3,(H,24,25,26). The van der Waals surface area contributed by atoms with Gasteiger partial charge in [0.05, 0.1) is 5.52 Å². The van der Waals surface area contributed by atoms with E-state index in [4.69, 9.17) is 5.73 Å². The highest BCUT2D eigenvalue weighted by Gasteiger charge is 2.36. The number of alkyl halides is 3. The number of halogens is 3. The van der Waals surface area contributed by atoms with Crippen LogP contribution in [0.4, 0.5) is 24.7 Å². The first-order chi connectivity index (χ1) is 12.0. The molecule has 3 N–H and O–H groups in total. The van der Waals surface area contributed by atoms with Crippen LogP contribution in [-0.2, 0) is 6.18 Å². The van der Waals surface area contributed by atoms with Crippen LogP contribution in [0.25, 0.3) is 22.0 Å². The molecule has 0 unspecified atom stereocenters. The van der Waals surface area contributed by atoms with Crippen molar-refractivity contribution in [2.75, 3.05) is 11.1 Å². The highest BCUT2D eigenvalue weighted by atomic mass is 19.4. The number of nitrogen functional groups attached to an aromatic ring is 1. The summed E-state index contributed by atoms with van der Waals surface area (Å²) in [5.41, 5.74) is 7.70. The fourth-order valence-corrected chi connectivity index (χ4v) is 2.60. The van der Waals surface area contributed by atoms with E-state index in [-0.39, 0.29) is 11.3 Å². The number of rotatable bonds is 2. The Morgan fingerprint density at radius 1 is 0.923 bits per heavy atom. The van der Waals surface area contributed by atoms with Gasteiger partial charge in [0.25, 0.3) is 0 Å². The second-order valence-electron chi connectivity index (χ2n) is 7.13. The van der Waals surface area contributed by atoms with E-state index in [9.17, 15) is 13.2 Å². The number of hydrogen-bond donors (Lipinski definition) is 2. The summed E-state index contributed by atoms with van der Waals surface area (Å²) in [4.78, 5) is 7.45. The first-order valence-electron chi connectivity index (χ1n) is 8.06. The third kappa shape index (κ3) is 3.87. The maximum absolute atomic E-state index is 13.2. The number of anilines is 2. The number of nitrogens with two attached hydrogens (primary N) is 1. The van der Waals surface area contributed by atoms with Gasteiger partial charge in [-0.15, -0.1) is 0 Å². The first kappa shape index (κ1) is 18.0. The van der Waals surface area contributed by atoms with E-state index in [0.717, 1.165) is 11.1 Å². The third-order valence-corrected chi connectivity index (χ3v) is 3.66. The number of benzene rings is 2. The number of nitrogens with one attached hydrogen (secondary N) is 1. The quantitative estimate of drug-likeness (QED) is 0.624. The van der Waals surface area contributed by atoms with Gasteiger partial charge in [-0.1, -0.05) is 18.2 Å². The van der Waals surface area contributed by atoms with Crippen LogP contribution in [0.1, 0.15) is 26.6 Å². The summed E-state index contributed by atoms with van der Waals surface area (Å²) >= 11 is 0. The molecule has 0 spiro atoms. The van der Waals surface area contributed by atoms with Crippen LogP contribution in [0.3, 0.4) is 0 Å². The van der Waals surface area contributed by atoms with Gasteiger partial charge in [0.15, 0.2) is 0 Å². The Hall–Kier alpha value is -2.83. The average Bonchev–Trinajstić information content (AvgIpc) is 2.52. The molecule has 1 aromatic heterocycles. The van der Waals surface area contributed by atoms with Crippen molar-refractivity contribution in [1.29, 1.82) is 0 Å². The van der Waals surface area contributed by atoms with E-state index in [1.807, 2.05) is 32.9 Å². The van der Waals surface area contributed by atoms with Crippen molar-refractivity contribution >= 4 is 22.4 Å². The molecule has 0 atom stereocenters. The van der Waals surface area contributed by atoms with Gasteiger partial charge in [0.1, 0.15) is 5.82 Å². The van der Waals surface area contributed by atoms with Crippen molar-refractivity contribution in [3.05, 3.63) is 48.3 Å². The van der Waals surface area contributed by atoms with Crippen molar-refractivity contribution in [2.45, 2.75) is 32.5 Å². The normalized spacial score (nSPS) is 12.4. The van der Waals surface area contributed by atoms with Gasteiger partial charge >= 0.3 is 6.18 Å². The number of fused-ring (bicyclic) bond motifs is 1. The lowest BCUT2D eigenvalue weighted by atomic mass is 10.0. The van der Waals surface area contributed by atoms with Crippen molar-refractivity contribution in [1.82, 2.24) is 9.97 Å². The Bertz CT molecular complexity index is 959. The molecule has 3 rings (SSSR count). The molecule has 2 aromatic carbocycles. The summed E-state index contributed by atoms with van der Waals surface area (Å²) in [6.45, 7) is 5.57. The van der Waals surface area contributed by atoms with Gasteiger partial charge < -0.3 is 11.1 Å². The van der Waals surface area contributed by atoms with Gasteiger partial charge in [-0.2, -0.15) is 13.2 Å². The average molecular weight is 360 g/mol. The smallest absolute Gasteiger partial charge is 0.399 e. The maximum atomic E-state index is 13.2. The molecule has 26 heavy (non-hydrogen) atoms. The molecule has 4 nitrogen and oxygen atoms in total. The molecular formula is C19H19F3N4. The van der Waals surface area contributed by atoms with Crippen LogP contribution in [0.2, 0.25) is 0 Å². The fourth-order valence-electron chi connectivity index (χ4n) is 2.60. The van der Waals surface area contributed by atoms with E-state index < -0.39 is 17.5 Å². The Morgan fingerprint density at radius 2 is 1.62 bits per heavy atom. The molecule has 0 amide bonds. The van der Waals surface area contributed by atoms with Gasteiger partial charge in [0.2, 0.25) is 5.82 Å². The topological polar surface area (TPSA) is 63.8 Å². The van der Waals surface area contributed by atoms with E-state index in [1.54, 1.807) is 30.3 Å². The van der Waals surface area contributed by atoms with Gasteiger partial charge in [-0.25, -0.2) is 9.97 Å². The fraction of sp³-hybridized carbons (Fsp3) is 0.263. The number of nitrogens with zero attached hydrogens (tertiary/aromatic N) is 2. The van der Waals surface area contributed by atoms with Crippen LogP contribution in [0, 0.1) is 0 Å². The molecule has 0 fully saturated rings. The van der Waals surface area contributed by atoms with Crippen molar-refractivity contribution in [3.63, 3.8) is 0 Å². The molecule has 0 radical (unpaired) electrons. The second kappa shape index (κ2) is 6.16. The summed E-state index contributed by atoms with van der Waals surface area (Å²) < 4.78 is 39.7. The van der Waals surface area contributed by atoms with Crippen LogP contribution >= 0.6 is 0 Å². The molecule has 0 aliphatic heterocycles. The van der Waals surface area contributed by atoms with Gasteiger partial charge in [-0.05, 0) is 56.2 Å². The number of aromatic nitrogens is 2. The van der Waals surface area contributed by atoms with Crippen LogP contribution in [0.15, 0.2) is 42.5 Å². The first-order valence-corrected chi connectivity index (χ1v) is 8.06. The lowest BCUT2D eigenvalue weighted by molar-refractivity contribution is -0.144. The van der Waals surface area contributed by atoms with E-state index >= 15 is 0 Å². The summed E-state index contributed by atoms with van der Waals surface area (Å²) in [7, 11) is 0. The zero-order chi connectivity index (χ0) is 19.1. The zero-order valence-corrected chi connectivity index (χ0v) is 14.6. The van der Waals surface area contributed by atoms with Gasteiger partial charge in [-0.3, -0.25) is 0 Å². The predicted molar refractivity (Wildman–Crippen MR) is 97.8 cm³/mol. The molecule has 1 heterocycles. The van der Waals surface area contributed by atoms with E-state index in [2.05, 4.69) is 15.3 Å². The Labute approximate surface area is 149 Å². The van der Waals surface area contributed by atoms with Crippen molar-refractivity contribution in [3.8, 4) is 11.1 Å². The monoisotopic (exact) mass is 360 g/mol. The molecule has 0 saturated carbocycles. The minimum atomic E-state index is -4.63. The highest BCUT2D eigenvalue weighted by molar-refractivity contribution is 5.92. The molecule has 0 aliphatic rings. The summed E-state index contributed by atoms with van der Waals surface area (Å²) in [6.07, 6.45) is -4.63. The lowest BCUT2D eigenvalue weighted by Gasteiger charge is -2.23. The second-order valence-corrected chi connectivity index (χ2v) is 7.13. The zero-order valence-electron chi connectivity index (χ0n) is 14.6. The molecule has 0 bridgehead atoms. The Kier molecular flexibility index (Phi) is 4.26. The highest BCUT2D eigenvalue weighted by Crippen LogP contribution is 2.33. The van der Waals surface area contributed by atoms with E-state index in [1.165, 1.54) is 0 Å². The van der Waals surface area contributed by atoms with Crippen LogP contribution < -0.4 is 11.1 Å². The Morgan fingerprint density at radius 3 is 2.23 bits per heavy atom. The molecule has 3 aromatic rings.